The van der Waals surface area contributed by atoms with Crippen LogP contribution < -0.4 is 11.1 Å². The first-order chi connectivity index (χ1) is 13.4. The molecule has 4 rings (SSSR count). The van der Waals surface area contributed by atoms with Crippen molar-refractivity contribution in [2.45, 2.75) is 31.6 Å². The van der Waals surface area contributed by atoms with Crippen molar-refractivity contribution in [3.05, 3.63) is 28.9 Å². The second kappa shape index (κ2) is 7.17. The van der Waals surface area contributed by atoms with Gasteiger partial charge >= 0.3 is 0 Å². The van der Waals surface area contributed by atoms with E-state index in [-0.39, 0.29) is 29.4 Å². The molecule has 28 heavy (non-hydrogen) atoms. The minimum absolute atomic E-state index is 0.0463. The average Bonchev–Trinajstić information content (AvgIpc) is 3.16. The largest absolute Gasteiger partial charge is 0.436 e. The number of nitrogens with zero attached hydrogens (tertiary/aromatic N) is 3. The summed E-state index contributed by atoms with van der Waals surface area (Å²) in [6, 6.07) is 5.03. The minimum atomic E-state index is -1.09. The van der Waals surface area contributed by atoms with E-state index in [2.05, 4.69) is 20.3 Å². The lowest BCUT2D eigenvalue weighted by molar-refractivity contribution is 0.00446. The van der Waals surface area contributed by atoms with E-state index in [1.165, 1.54) is 0 Å². The number of rotatable bonds is 4. The van der Waals surface area contributed by atoms with Crippen molar-refractivity contribution in [1.29, 1.82) is 0 Å². The number of fused-ring (bicyclic) bond motifs is 1. The Morgan fingerprint density at radius 2 is 2.04 bits per heavy atom. The van der Waals surface area contributed by atoms with E-state index in [0.29, 0.717) is 23.1 Å². The molecule has 3 aromatic rings. The Bertz CT molecular complexity index is 1030. The van der Waals surface area contributed by atoms with E-state index >= 15 is 0 Å². The highest BCUT2D eigenvalue weighted by atomic mass is 35.5. The van der Waals surface area contributed by atoms with E-state index in [0.717, 1.165) is 5.56 Å². The molecule has 2 aromatic heterocycles. The summed E-state index contributed by atoms with van der Waals surface area (Å²) in [7, 11) is 0. The molecule has 0 unspecified atom stereocenters. The smallest absolute Gasteiger partial charge is 0.234 e. The molecule has 0 aliphatic heterocycles. The number of nitrogen functional groups attached to an aromatic ring is 1. The number of aliphatic hydroxyl groups is 3. The lowest BCUT2D eigenvalue weighted by Gasteiger charge is -2.20. The van der Waals surface area contributed by atoms with Gasteiger partial charge in [0.25, 0.3) is 0 Å². The van der Waals surface area contributed by atoms with Gasteiger partial charge in [-0.1, -0.05) is 17.7 Å². The number of benzene rings is 1. The molecule has 4 atom stereocenters. The Labute approximate surface area is 165 Å². The number of nitrogens with one attached hydrogen (secondary N) is 1. The summed E-state index contributed by atoms with van der Waals surface area (Å²) in [5.41, 5.74) is 8.31. The van der Waals surface area contributed by atoms with E-state index in [4.69, 9.17) is 21.8 Å². The second-order valence-corrected chi connectivity index (χ2v) is 7.35. The number of aromatic nitrogens is 3. The molecule has 9 nitrogen and oxygen atoms in total. The highest BCUT2D eigenvalue weighted by Crippen LogP contribution is 2.37. The van der Waals surface area contributed by atoms with Crippen LogP contribution in [0.25, 0.3) is 22.6 Å². The Morgan fingerprint density at radius 3 is 2.75 bits per heavy atom. The standard InChI is InChI=1S/C18H20ClN5O4/c1-7-2-3-11-9(4-7)22-17(28-11)12-15(19)23-18(20)24-16(12)21-10-5-8(6-25)13(26)14(10)27/h2-4,8,10,13-14,25-27H,5-6H2,1H3,(H3,20,21,23,24)/t8-,10-,13-,14+/m1/s1. The van der Waals surface area contributed by atoms with Crippen molar-refractivity contribution in [2.24, 2.45) is 5.92 Å². The summed E-state index contributed by atoms with van der Waals surface area (Å²) in [6.07, 6.45) is -1.80. The van der Waals surface area contributed by atoms with E-state index in [9.17, 15) is 15.3 Å². The van der Waals surface area contributed by atoms with E-state index in [1.54, 1.807) is 0 Å². The van der Waals surface area contributed by atoms with Gasteiger partial charge in [0, 0.05) is 12.5 Å². The van der Waals surface area contributed by atoms with Gasteiger partial charge in [0.2, 0.25) is 11.8 Å². The van der Waals surface area contributed by atoms with Crippen molar-refractivity contribution >= 4 is 34.5 Å². The predicted octanol–water partition coefficient (Wildman–Crippen LogP) is 1.34. The Kier molecular flexibility index (Phi) is 4.84. The molecule has 1 saturated carbocycles. The summed E-state index contributed by atoms with van der Waals surface area (Å²) < 4.78 is 5.82. The fourth-order valence-electron chi connectivity index (χ4n) is 3.51. The molecular formula is C18H20ClN5O4. The van der Waals surface area contributed by atoms with Gasteiger partial charge in [0.1, 0.15) is 28.2 Å². The Balaban J connectivity index is 1.75. The highest BCUT2D eigenvalue weighted by Gasteiger charge is 2.41. The zero-order valence-corrected chi connectivity index (χ0v) is 15.8. The summed E-state index contributed by atoms with van der Waals surface area (Å²) >= 11 is 6.31. The maximum absolute atomic E-state index is 10.3. The van der Waals surface area contributed by atoms with Gasteiger partial charge in [-0.25, -0.2) is 9.97 Å². The Hall–Kier alpha value is -2.46. The molecule has 1 aromatic carbocycles. The summed E-state index contributed by atoms with van der Waals surface area (Å²) in [4.78, 5) is 12.6. The number of hydrogen-bond donors (Lipinski definition) is 5. The van der Waals surface area contributed by atoms with Crippen LogP contribution in [-0.4, -0.2) is 55.1 Å². The van der Waals surface area contributed by atoms with Crippen molar-refractivity contribution < 1.29 is 19.7 Å². The average molecular weight is 406 g/mol. The third-order valence-corrected chi connectivity index (χ3v) is 5.27. The van der Waals surface area contributed by atoms with Gasteiger partial charge in [-0.2, -0.15) is 4.98 Å². The minimum Gasteiger partial charge on any atom is -0.436 e. The molecule has 1 fully saturated rings. The SMILES string of the molecule is Cc1ccc2oc(-c3c(Cl)nc(N)nc3N[C@@H]3C[C@H](CO)[C@@H](O)[C@H]3O)nc2c1. The highest BCUT2D eigenvalue weighted by molar-refractivity contribution is 6.32. The van der Waals surface area contributed by atoms with Gasteiger partial charge < -0.3 is 30.8 Å². The first kappa shape index (κ1) is 18.9. The van der Waals surface area contributed by atoms with E-state index < -0.39 is 24.2 Å². The number of aliphatic hydroxyl groups excluding tert-OH is 3. The molecule has 0 radical (unpaired) electrons. The van der Waals surface area contributed by atoms with Crippen LogP contribution in [0.5, 0.6) is 0 Å². The zero-order valence-electron chi connectivity index (χ0n) is 15.0. The molecule has 2 heterocycles. The monoisotopic (exact) mass is 405 g/mol. The molecule has 1 aliphatic carbocycles. The third-order valence-electron chi connectivity index (χ3n) is 5.00. The molecule has 0 saturated heterocycles. The van der Waals surface area contributed by atoms with Crippen LogP contribution in [0.1, 0.15) is 12.0 Å². The summed E-state index contributed by atoms with van der Waals surface area (Å²) in [6.45, 7) is 1.71. The number of aryl methyl sites for hydroxylation is 1. The van der Waals surface area contributed by atoms with Crippen LogP contribution in [0.15, 0.2) is 22.6 Å². The molecule has 0 bridgehead atoms. The maximum Gasteiger partial charge on any atom is 0.234 e. The van der Waals surface area contributed by atoms with Crippen LogP contribution in [0.3, 0.4) is 0 Å². The third kappa shape index (κ3) is 3.26. The second-order valence-electron chi connectivity index (χ2n) is 7.00. The molecular weight excluding hydrogens is 386 g/mol. The van der Waals surface area contributed by atoms with Crippen LogP contribution in [0, 0.1) is 12.8 Å². The molecule has 0 amide bonds. The van der Waals surface area contributed by atoms with Gasteiger partial charge in [-0.3, -0.25) is 0 Å². The van der Waals surface area contributed by atoms with Crippen molar-refractivity contribution in [3.63, 3.8) is 0 Å². The normalized spacial score (nSPS) is 24.8. The van der Waals surface area contributed by atoms with Crippen LogP contribution in [0.2, 0.25) is 5.15 Å². The number of halogens is 1. The van der Waals surface area contributed by atoms with Gasteiger partial charge in [-0.05, 0) is 31.0 Å². The van der Waals surface area contributed by atoms with Gasteiger partial charge in [0.15, 0.2) is 5.58 Å². The van der Waals surface area contributed by atoms with Gasteiger partial charge in [0.05, 0.1) is 12.1 Å². The van der Waals surface area contributed by atoms with Crippen LogP contribution in [-0.2, 0) is 0 Å². The summed E-state index contributed by atoms with van der Waals surface area (Å²) in [5, 5.41) is 32.8. The van der Waals surface area contributed by atoms with Crippen LogP contribution in [0.4, 0.5) is 11.8 Å². The fourth-order valence-corrected chi connectivity index (χ4v) is 3.77. The number of anilines is 2. The fraction of sp³-hybridized carbons (Fsp3) is 0.389. The van der Waals surface area contributed by atoms with Crippen LogP contribution >= 0.6 is 11.6 Å². The first-order valence-electron chi connectivity index (χ1n) is 8.81. The number of oxazole rings is 1. The topological polar surface area (TPSA) is 151 Å². The quantitative estimate of drug-likeness (QED) is 0.405. The molecule has 0 spiro atoms. The molecule has 10 heteroatoms. The van der Waals surface area contributed by atoms with Crippen molar-refractivity contribution in [2.75, 3.05) is 17.7 Å². The van der Waals surface area contributed by atoms with E-state index in [1.807, 2.05) is 25.1 Å². The maximum atomic E-state index is 10.3. The first-order valence-corrected chi connectivity index (χ1v) is 9.19. The molecule has 1 aliphatic rings. The molecule has 148 valence electrons. The number of nitrogens with two attached hydrogens (primary N) is 1. The summed E-state index contributed by atoms with van der Waals surface area (Å²) in [5.74, 6) is -0.0664. The molecule has 6 N–H and O–H groups in total. The lowest BCUT2D eigenvalue weighted by Crippen LogP contribution is -2.35. The predicted molar refractivity (Wildman–Crippen MR) is 104 cm³/mol. The Morgan fingerprint density at radius 1 is 1.25 bits per heavy atom. The van der Waals surface area contributed by atoms with Gasteiger partial charge in [-0.15, -0.1) is 0 Å². The zero-order chi connectivity index (χ0) is 20.0. The van der Waals surface area contributed by atoms with Crippen molar-refractivity contribution in [1.82, 2.24) is 15.0 Å². The van der Waals surface area contributed by atoms with Crippen molar-refractivity contribution in [3.8, 4) is 11.5 Å². The number of hydrogen-bond acceptors (Lipinski definition) is 9. The lowest BCUT2D eigenvalue weighted by atomic mass is 10.1.